The molecule has 6 nitrogen and oxygen atoms in total. The molecule has 0 heterocycles. The smallest absolute Gasteiger partial charge is 0.195 e. The second-order valence-electron chi connectivity index (χ2n) is 15.1. The Morgan fingerprint density at radius 3 is 0.583 bits per heavy atom. The molecular formula is C54H28O6. The van der Waals surface area contributed by atoms with E-state index >= 15 is 0 Å². The molecule has 60 heavy (non-hydrogen) atoms. The van der Waals surface area contributed by atoms with Crippen LogP contribution >= 0.6 is 0 Å². The summed E-state index contributed by atoms with van der Waals surface area (Å²) in [7, 11) is 0. The van der Waals surface area contributed by atoms with Crippen LogP contribution in [0.1, 0.15) is 0 Å². The molecule has 0 atom stereocenters. The first-order valence-corrected chi connectivity index (χ1v) is 19.5. The fourth-order valence-electron chi connectivity index (χ4n) is 9.11. The van der Waals surface area contributed by atoms with Crippen molar-refractivity contribution >= 4 is 64.6 Å². The topological polar surface area (TPSA) is 102 Å². The molecule has 280 valence electrons. The predicted molar refractivity (Wildman–Crippen MR) is 244 cm³/mol. The lowest BCUT2D eigenvalue weighted by Crippen LogP contribution is -2.19. The standard InChI is InChI=1S/C54H28O6/c55-49-37-25-41-42(52(58)46-34(30-15-7-2-8-16-30)22-21-33(45(46)51(41)57)29-13-5-1-6-14-29)26-38(37)50(56)40-28-44-43(27-39(40)49)53(59)47-35(31-17-9-3-10-18-31)23-24-36(48(47)54(44)60)32-19-11-4-12-20-32/h1-28H. The average Bonchev–Trinajstić information content (AvgIpc) is 3.31. The summed E-state index contributed by atoms with van der Waals surface area (Å²) >= 11 is 0. The number of hydrogen-bond donors (Lipinski definition) is 0. The Labute approximate surface area is 339 Å². The Kier molecular flexibility index (Phi) is 7.67. The monoisotopic (exact) mass is 772 g/mol. The van der Waals surface area contributed by atoms with Crippen LogP contribution in [-0.4, -0.2) is 0 Å². The summed E-state index contributed by atoms with van der Waals surface area (Å²) in [5, 5.41) is 0.707. The van der Waals surface area contributed by atoms with Gasteiger partial charge in [-0.3, -0.25) is 28.8 Å². The first-order valence-electron chi connectivity index (χ1n) is 19.5. The summed E-state index contributed by atoms with van der Waals surface area (Å²) < 4.78 is 0. The molecule has 0 aliphatic heterocycles. The van der Waals surface area contributed by atoms with Crippen molar-refractivity contribution in [3.05, 3.63) is 231 Å². The van der Waals surface area contributed by atoms with Crippen molar-refractivity contribution in [2.75, 3.05) is 0 Å². The van der Waals surface area contributed by atoms with Gasteiger partial charge in [0.05, 0.1) is 0 Å². The van der Waals surface area contributed by atoms with Crippen molar-refractivity contribution in [2.45, 2.75) is 0 Å². The van der Waals surface area contributed by atoms with Gasteiger partial charge in [-0.1, -0.05) is 146 Å². The van der Waals surface area contributed by atoms with E-state index in [0.717, 1.165) is 22.3 Å². The second-order valence-corrected chi connectivity index (χ2v) is 15.1. The van der Waals surface area contributed by atoms with E-state index < -0.39 is 32.6 Å². The minimum Gasteiger partial charge on any atom is -0.289 e. The van der Waals surface area contributed by atoms with Crippen molar-refractivity contribution in [3.8, 4) is 44.5 Å². The molecule has 0 radical (unpaired) electrons. The van der Waals surface area contributed by atoms with E-state index in [9.17, 15) is 28.8 Å². The Bertz CT molecular complexity index is 3460. The van der Waals surface area contributed by atoms with Crippen LogP contribution in [0.4, 0.5) is 0 Å². The first kappa shape index (κ1) is 35.0. The zero-order chi connectivity index (χ0) is 40.8. The second kappa shape index (κ2) is 13.2. The molecule has 6 heteroatoms. The van der Waals surface area contributed by atoms with Crippen molar-refractivity contribution in [3.63, 3.8) is 0 Å². The minimum atomic E-state index is -0.593. The van der Waals surface area contributed by atoms with E-state index in [1.54, 1.807) is 0 Å². The van der Waals surface area contributed by atoms with Crippen molar-refractivity contribution in [1.82, 2.24) is 0 Å². The molecule has 0 saturated heterocycles. The molecule has 0 N–H and O–H groups in total. The van der Waals surface area contributed by atoms with Crippen LogP contribution < -0.4 is 32.6 Å². The highest BCUT2D eigenvalue weighted by Gasteiger charge is 2.24. The quantitative estimate of drug-likeness (QED) is 0.165. The SMILES string of the molecule is O=c1c2cc3c(=O)c4c(-c5ccccc5)ccc(-c5ccccc5)c4c(=O)c3cc2c(=O)c2cc3c(=O)c4c(-c5ccccc5)ccc(-c5ccccc5)c4c(=O)c3cc12. The number of hydrogen-bond acceptors (Lipinski definition) is 6. The Morgan fingerprint density at radius 2 is 0.383 bits per heavy atom. The highest BCUT2D eigenvalue weighted by molar-refractivity contribution is 6.16. The third kappa shape index (κ3) is 5.01. The van der Waals surface area contributed by atoms with Crippen molar-refractivity contribution < 1.29 is 0 Å². The van der Waals surface area contributed by atoms with Gasteiger partial charge < -0.3 is 0 Å². The average molecular weight is 773 g/mol. The summed E-state index contributed by atoms with van der Waals surface area (Å²) in [5.41, 5.74) is 2.27. The molecule has 11 aromatic rings. The van der Waals surface area contributed by atoms with E-state index in [0.29, 0.717) is 22.3 Å². The van der Waals surface area contributed by atoms with Crippen LogP contribution in [0.2, 0.25) is 0 Å². The lowest BCUT2D eigenvalue weighted by Gasteiger charge is -2.13. The molecule has 0 saturated carbocycles. The van der Waals surface area contributed by atoms with Gasteiger partial charge in [0, 0.05) is 64.6 Å². The van der Waals surface area contributed by atoms with E-state index in [2.05, 4.69) is 0 Å². The zero-order valence-electron chi connectivity index (χ0n) is 31.6. The van der Waals surface area contributed by atoms with Crippen molar-refractivity contribution in [1.29, 1.82) is 0 Å². The van der Waals surface area contributed by atoms with Gasteiger partial charge in [0.15, 0.2) is 32.6 Å². The summed E-state index contributed by atoms with van der Waals surface area (Å²) in [5.74, 6) is 0. The van der Waals surface area contributed by atoms with Crippen LogP contribution in [0.25, 0.3) is 109 Å². The normalized spacial score (nSPS) is 11.7. The lowest BCUT2D eigenvalue weighted by molar-refractivity contribution is 1.59. The van der Waals surface area contributed by atoms with Gasteiger partial charge in [0.1, 0.15) is 0 Å². The Morgan fingerprint density at radius 1 is 0.200 bits per heavy atom. The highest BCUT2D eigenvalue weighted by atomic mass is 16.1. The number of rotatable bonds is 4. The highest BCUT2D eigenvalue weighted by Crippen LogP contribution is 2.36. The third-order valence-corrected chi connectivity index (χ3v) is 11.9. The summed E-state index contributed by atoms with van der Waals surface area (Å²) in [6.45, 7) is 0. The van der Waals surface area contributed by atoms with Crippen LogP contribution in [-0.2, 0) is 0 Å². The Balaban J connectivity index is 1.26. The molecule has 0 aliphatic rings. The number of benzene rings is 11. The molecule has 11 rings (SSSR count). The lowest BCUT2D eigenvalue weighted by atomic mass is 9.87. The van der Waals surface area contributed by atoms with Gasteiger partial charge >= 0.3 is 0 Å². The van der Waals surface area contributed by atoms with Gasteiger partial charge in [-0.05, 0) is 68.8 Å². The molecular weight excluding hydrogens is 745 g/mol. The summed E-state index contributed by atoms with van der Waals surface area (Å²) in [6.07, 6.45) is 0. The minimum absolute atomic E-state index is 0.0114. The van der Waals surface area contributed by atoms with Gasteiger partial charge in [0.2, 0.25) is 0 Å². The van der Waals surface area contributed by atoms with Crippen LogP contribution in [0, 0.1) is 0 Å². The fraction of sp³-hybridized carbons (Fsp3) is 0. The van der Waals surface area contributed by atoms with E-state index in [-0.39, 0.29) is 64.6 Å². The third-order valence-electron chi connectivity index (χ3n) is 11.9. The maximum absolute atomic E-state index is 14.8. The van der Waals surface area contributed by atoms with Gasteiger partial charge in [-0.15, -0.1) is 0 Å². The maximum atomic E-state index is 14.8. The van der Waals surface area contributed by atoms with Gasteiger partial charge in [-0.2, -0.15) is 0 Å². The maximum Gasteiger partial charge on any atom is 0.195 e. The molecule has 0 spiro atoms. The van der Waals surface area contributed by atoms with Crippen molar-refractivity contribution in [2.24, 2.45) is 0 Å². The molecule has 0 unspecified atom stereocenters. The van der Waals surface area contributed by atoms with Gasteiger partial charge in [0.25, 0.3) is 0 Å². The number of fused-ring (bicyclic) bond motifs is 6. The van der Waals surface area contributed by atoms with Crippen LogP contribution in [0.5, 0.6) is 0 Å². The summed E-state index contributed by atoms with van der Waals surface area (Å²) in [4.78, 5) is 88.4. The molecule has 11 aromatic carbocycles. The van der Waals surface area contributed by atoms with E-state index in [4.69, 9.17) is 0 Å². The van der Waals surface area contributed by atoms with Crippen LogP contribution in [0.3, 0.4) is 0 Å². The molecule has 0 amide bonds. The molecule has 0 aromatic heterocycles. The summed E-state index contributed by atoms with van der Waals surface area (Å²) in [6, 6.07) is 50.0. The van der Waals surface area contributed by atoms with Gasteiger partial charge in [-0.25, -0.2) is 0 Å². The molecule has 0 bridgehead atoms. The zero-order valence-corrected chi connectivity index (χ0v) is 31.6. The molecule has 0 aliphatic carbocycles. The largest absolute Gasteiger partial charge is 0.289 e. The fourth-order valence-corrected chi connectivity index (χ4v) is 9.11. The predicted octanol–water partition coefficient (Wildman–Crippen LogP) is 9.75. The van der Waals surface area contributed by atoms with Crippen LogP contribution in [0.15, 0.2) is 199 Å². The molecule has 0 fully saturated rings. The van der Waals surface area contributed by atoms with E-state index in [1.807, 2.05) is 146 Å². The Hall–Kier alpha value is -8.22. The van der Waals surface area contributed by atoms with E-state index in [1.165, 1.54) is 24.3 Å². The first-order chi connectivity index (χ1) is 29.3.